The predicted octanol–water partition coefficient (Wildman–Crippen LogP) is 3.72. The first kappa shape index (κ1) is 13.8. The van der Waals surface area contributed by atoms with Gasteiger partial charge >= 0.3 is 0 Å². The molecule has 0 aliphatic carbocycles. The van der Waals surface area contributed by atoms with Crippen molar-refractivity contribution in [2.75, 3.05) is 0 Å². The van der Waals surface area contributed by atoms with Gasteiger partial charge in [-0.2, -0.15) is 0 Å². The van der Waals surface area contributed by atoms with E-state index in [1.165, 1.54) is 27.8 Å². The average Bonchev–Trinajstić information content (AvgIpc) is 2.37. The Hall–Kier alpha value is -1.60. The highest BCUT2D eigenvalue weighted by Gasteiger charge is 2.07. The van der Waals surface area contributed by atoms with Crippen LogP contribution in [0.4, 0.5) is 0 Å². The van der Waals surface area contributed by atoms with Crippen molar-refractivity contribution >= 4 is 0 Å². The molecular formula is C18H23N. The Morgan fingerprint density at radius 2 is 1.47 bits per heavy atom. The van der Waals surface area contributed by atoms with E-state index in [-0.39, 0.29) is 6.04 Å². The molecule has 0 bridgehead atoms. The summed E-state index contributed by atoms with van der Waals surface area (Å²) in [4.78, 5) is 0. The number of nitrogens with two attached hydrogens (primary N) is 1. The Morgan fingerprint density at radius 3 is 2.16 bits per heavy atom. The fourth-order valence-electron chi connectivity index (χ4n) is 2.40. The van der Waals surface area contributed by atoms with Gasteiger partial charge in [0.25, 0.3) is 0 Å². The molecule has 2 aromatic carbocycles. The molecular weight excluding hydrogens is 230 g/mol. The third-order valence-corrected chi connectivity index (χ3v) is 3.61. The Balaban J connectivity index is 2.02. The van der Waals surface area contributed by atoms with Crippen molar-refractivity contribution < 1.29 is 0 Å². The fourth-order valence-corrected chi connectivity index (χ4v) is 2.40. The molecule has 19 heavy (non-hydrogen) atoms. The molecule has 0 saturated heterocycles. The highest BCUT2D eigenvalue weighted by atomic mass is 14.6. The minimum Gasteiger partial charge on any atom is -0.327 e. The molecule has 1 heteroatoms. The summed E-state index contributed by atoms with van der Waals surface area (Å²) < 4.78 is 0. The standard InChI is InChI=1S/C18H23N/c1-13-5-8-16(9-6-13)11-18(19)12-17-10-14(2)4-7-15(17)3/h4-10,18H,11-12,19H2,1-3H3. The van der Waals surface area contributed by atoms with Crippen LogP contribution in [-0.4, -0.2) is 6.04 Å². The van der Waals surface area contributed by atoms with Crippen LogP contribution < -0.4 is 5.73 Å². The summed E-state index contributed by atoms with van der Waals surface area (Å²) in [5, 5.41) is 0. The quantitative estimate of drug-likeness (QED) is 0.883. The van der Waals surface area contributed by atoms with E-state index in [9.17, 15) is 0 Å². The van der Waals surface area contributed by atoms with Crippen LogP contribution in [0.1, 0.15) is 27.8 Å². The van der Waals surface area contributed by atoms with E-state index in [4.69, 9.17) is 5.73 Å². The van der Waals surface area contributed by atoms with Crippen LogP contribution in [0.15, 0.2) is 42.5 Å². The summed E-state index contributed by atoms with van der Waals surface area (Å²) in [7, 11) is 0. The maximum Gasteiger partial charge on any atom is 0.0120 e. The third-order valence-electron chi connectivity index (χ3n) is 3.61. The van der Waals surface area contributed by atoms with Gasteiger partial charge in [-0.1, -0.05) is 53.6 Å². The lowest BCUT2D eigenvalue weighted by molar-refractivity contribution is 0.662. The zero-order valence-corrected chi connectivity index (χ0v) is 12.1. The highest BCUT2D eigenvalue weighted by molar-refractivity contribution is 5.31. The molecule has 0 aromatic heterocycles. The second kappa shape index (κ2) is 6.03. The summed E-state index contributed by atoms with van der Waals surface area (Å²) in [5.41, 5.74) is 12.9. The number of hydrogen-bond acceptors (Lipinski definition) is 1. The molecule has 1 unspecified atom stereocenters. The summed E-state index contributed by atoms with van der Waals surface area (Å²) in [5.74, 6) is 0. The Morgan fingerprint density at radius 1 is 0.842 bits per heavy atom. The van der Waals surface area contributed by atoms with Gasteiger partial charge in [-0.3, -0.25) is 0 Å². The lowest BCUT2D eigenvalue weighted by atomic mass is 9.95. The van der Waals surface area contributed by atoms with Gasteiger partial charge in [-0.15, -0.1) is 0 Å². The van der Waals surface area contributed by atoms with Gasteiger partial charge in [0, 0.05) is 6.04 Å². The largest absolute Gasteiger partial charge is 0.327 e. The van der Waals surface area contributed by atoms with Crippen LogP contribution in [0, 0.1) is 20.8 Å². The van der Waals surface area contributed by atoms with Gasteiger partial charge in [0.1, 0.15) is 0 Å². The van der Waals surface area contributed by atoms with Crippen molar-refractivity contribution in [3.05, 3.63) is 70.3 Å². The molecule has 0 radical (unpaired) electrons. The molecule has 0 aliphatic heterocycles. The van der Waals surface area contributed by atoms with Crippen molar-refractivity contribution in [2.45, 2.75) is 39.7 Å². The van der Waals surface area contributed by atoms with Gasteiger partial charge in [0.05, 0.1) is 0 Å². The van der Waals surface area contributed by atoms with Crippen molar-refractivity contribution in [3.63, 3.8) is 0 Å². The van der Waals surface area contributed by atoms with Crippen LogP contribution in [0.3, 0.4) is 0 Å². The van der Waals surface area contributed by atoms with Gasteiger partial charge in [0.15, 0.2) is 0 Å². The SMILES string of the molecule is Cc1ccc(CC(N)Cc2cc(C)ccc2C)cc1. The molecule has 1 nitrogen and oxygen atoms in total. The molecule has 0 fully saturated rings. The third kappa shape index (κ3) is 3.93. The summed E-state index contributed by atoms with van der Waals surface area (Å²) >= 11 is 0. The Bertz CT molecular complexity index is 540. The monoisotopic (exact) mass is 253 g/mol. The lowest BCUT2D eigenvalue weighted by Gasteiger charge is -2.14. The summed E-state index contributed by atoms with van der Waals surface area (Å²) in [6.07, 6.45) is 1.88. The smallest absolute Gasteiger partial charge is 0.0120 e. The van der Waals surface area contributed by atoms with Crippen LogP contribution >= 0.6 is 0 Å². The molecule has 1 atom stereocenters. The van der Waals surface area contributed by atoms with Crippen LogP contribution in [0.25, 0.3) is 0 Å². The molecule has 0 aliphatic rings. The number of benzene rings is 2. The number of hydrogen-bond donors (Lipinski definition) is 1. The Kier molecular flexibility index (Phi) is 4.39. The van der Waals surface area contributed by atoms with Crippen LogP contribution in [0.2, 0.25) is 0 Å². The van der Waals surface area contributed by atoms with Crippen molar-refractivity contribution in [1.82, 2.24) is 0 Å². The second-order valence-corrected chi connectivity index (χ2v) is 5.58. The molecule has 0 spiro atoms. The van der Waals surface area contributed by atoms with E-state index >= 15 is 0 Å². The first-order valence-corrected chi connectivity index (χ1v) is 6.92. The number of rotatable bonds is 4. The molecule has 100 valence electrons. The average molecular weight is 253 g/mol. The molecule has 2 rings (SSSR count). The van der Waals surface area contributed by atoms with Gasteiger partial charge in [-0.05, 0) is 50.3 Å². The summed E-state index contributed by atoms with van der Waals surface area (Å²) in [6.45, 7) is 6.40. The molecule has 2 N–H and O–H groups in total. The van der Waals surface area contributed by atoms with E-state index in [2.05, 4.69) is 63.2 Å². The van der Waals surface area contributed by atoms with Crippen molar-refractivity contribution in [2.24, 2.45) is 5.73 Å². The number of aryl methyl sites for hydroxylation is 3. The summed E-state index contributed by atoms with van der Waals surface area (Å²) in [6, 6.07) is 15.4. The van der Waals surface area contributed by atoms with E-state index in [0.29, 0.717) is 0 Å². The van der Waals surface area contributed by atoms with Gasteiger partial charge < -0.3 is 5.73 Å². The Labute approximate surface area is 116 Å². The molecule has 2 aromatic rings. The van der Waals surface area contributed by atoms with Crippen LogP contribution in [0.5, 0.6) is 0 Å². The minimum atomic E-state index is 0.184. The fraction of sp³-hybridized carbons (Fsp3) is 0.333. The van der Waals surface area contributed by atoms with E-state index in [1.54, 1.807) is 0 Å². The maximum atomic E-state index is 6.29. The zero-order chi connectivity index (χ0) is 13.8. The first-order valence-electron chi connectivity index (χ1n) is 6.92. The predicted molar refractivity (Wildman–Crippen MR) is 82.5 cm³/mol. The maximum absolute atomic E-state index is 6.29. The lowest BCUT2D eigenvalue weighted by Crippen LogP contribution is -2.25. The van der Waals surface area contributed by atoms with E-state index in [0.717, 1.165) is 12.8 Å². The van der Waals surface area contributed by atoms with Crippen molar-refractivity contribution in [3.8, 4) is 0 Å². The van der Waals surface area contributed by atoms with Gasteiger partial charge in [0.2, 0.25) is 0 Å². The van der Waals surface area contributed by atoms with Crippen LogP contribution in [-0.2, 0) is 12.8 Å². The topological polar surface area (TPSA) is 26.0 Å². The first-order chi connectivity index (χ1) is 9.04. The van der Waals surface area contributed by atoms with E-state index in [1.807, 2.05) is 0 Å². The minimum absolute atomic E-state index is 0.184. The van der Waals surface area contributed by atoms with Crippen molar-refractivity contribution in [1.29, 1.82) is 0 Å². The molecule has 0 saturated carbocycles. The molecule has 0 amide bonds. The zero-order valence-electron chi connectivity index (χ0n) is 12.1. The van der Waals surface area contributed by atoms with Gasteiger partial charge in [-0.25, -0.2) is 0 Å². The second-order valence-electron chi connectivity index (χ2n) is 5.58. The van der Waals surface area contributed by atoms with E-state index < -0.39 is 0 Å². The molecule has 0 heterocycles. The highest BCUT2D eigenvalue weighted by Crippen LogP contribution is 2.14. The normalized spacial score (nSPS) is 12.4.